The van der Waals surface area contributed by atoms with E-state index in [0.29, 0.717) is 0 Å². The highest BCUT2D eigenvalue weighted by molar-refractivity contribution is 7.12. The van der Waals surface area contributed by atoms with Gasteiger partial charge in [-0.05, 0) is 65.9 Å². The normalized spacial score (nSPS) is 18.9. The van der Waals surface area contributed by atoms with Gasteiger partial charge in [-0.3, -0.25) is 4.90 Å². The van der Waals surface area contributed by atoms with E-state index in [4.69, 9.17) is 0 Å². The summed E-state index contributed by atoms with van der Waals surface area (Å²) in [7, 11) is 2.23. The van der Waals surface area contributed by atoms with Crippen LogP contribution in [0.25, 0.3) is 0 Å². The minimum atomic E-state index is 0.188. The Hall–Kier alpha value is -0.420. The van der Waals surface area contributed by atoms with Crippen LogP contribution in [0.2, 0.25) is 0 Å². The molecule has 0 saturated carbocycles. The molecular formula is C17H31N3S. The Morgan fingerprint density at radius 3 is 2.67 bits per heavy atom. The van der Waals surface area contributed by atoms with Crippen LogP contribution in [0.3, 0.4) is 0 Å². The van der Waals surface area contributed by atoms with E-state index in [1.807, 2.05) is 11.3 Å². The number of aryl methyl sites for hydroxylation is 1. The van der Waals surface area contributed by atoms with Crippen LogP contribution in [0.1, 0.15) is 42.5 Å². The third-order valence-electron chi connectivity index (χ3n) is 4.07. The van der Waals surface area contributed by atoms with Gasteiger partial charge >= 0.3 is 0 Å². The molecule has 0 unspecified atom stereocenters. The standard InChI is InChI=1S/C17H31N3S/c1-14-15(11-16(21-14)12-18-17(2,3)4)13-20-8-6-7-19(5)9-10-20/h11,18H,6-10,12-13H2,1-5H3. The highest BCUT2D eigenvalue weighted by atomic mass is 32.1. The molecular weight excluding hydrogens is 278 g/mol. The van der Waals surface area contributed by atoms with Crippen LogP contribution in [0.4, 0.5) is 0 Å². The topological polar surface area (TPSA) is 18.5 Å². The van der Waals surface area contributed by atoms with Crippen LogP contribution in [0.15, 0.2) is 6.07 Å². The molecule has 21 heavy (non-hydrogen) atoms. The molecule has 1 aliphatic heterocycles. The van der Waals surface area contributed by atoms with E-state index in [-0.39, 0.29) is 5.54 Å². The van der Waals surface area contributed by atoms with E-state index >= 15 is 0 Å². The Bertz CT molecular complexity index is 447. The maximum Gasteiger partial charge on any atom is 0.0304 e. The molecule has 4 heteroatoms. The van der Waals surface area contributed by atoms with Gasteiger partial charge in [0.1, 0.15) is 0 Å². The molecule has 2 rings (SSSR count). The van der Waals surface area contributed by atoms with Gasteiger partial charge < -0.3 is 10.2 Å². The first-order valence-corrected chi connectivity index (χ1v) is 8.89. The molecule has 1 aliphatic rings. The second kappa shape index (κ2) is 7.23. The fraction of sp³-hybridized carbons (Fsp3) is 0.765. The van der Waals surface area contributed by atoms with Crippen LogP contribution in [0, 0.1) is 6.92 Å². The van der Waals surface area contributed by atoms with Gasteiger partial charge in [-0.2, -0.15) is 0 Å². The van der Waals surface area contributed by atoms with Crippen molar-refractivity contribution in [2.75, 3.05) is 33.2 Å². The molecule has 0 aliphatic carbocycles. The van der Waals surface area contributed by atoms with Crippen molar-refractivity contribution in [2.45, 2.75) is 52.7 Å². The van der Waals surface area contributed by atoms with Crippen molar-refractivity contribution < 1.29 is 0 Å². The number of nitrogens with one attached hydrogen (secondary N) is 1. The Morgan fingerprint density at radius 2 is 1.95 bits per heavy atom. The zero-order chi connectivity index (χ0) is 15.5. The van der Waals surface area contributed by atoms with E-state index in [2.05, 4.69) is 55.9 Å². The maximum atomic E-state index is 3.59. The van der Waals surface area contributed by atoms with Crippen LogP contribution < -0.4 is 5.32 Å². The van der Waals surface area contributed by atoms with Crippen LogP contribution in [0.5, 0.6) is 0 Å². The number of hydrogen-bond donors (Lipinski definition) is 1. The first kappa shape index (κ1) is 16.9. The quantitative estimate of drug-likeness (QED) is 0.922. The summed E-state index contributed by atoms with van der Waals surface area (Å²) in [4.78, 5) is 8.00. The average Bonchev–Trinajstić information content (AvgIpc) is 2.59. The zero-order valence-electron chi connectivity index (χ0n) is 14.3. The lowest BCUT2D eigenvalue weighted by Gasteiger charge is -2.20. The van der Waals surface area contributed by atoms with Crippen LogP contribution >= 0.6 is 11.3 Å². The first-order chi connectivity index (χ1) is 9.83. The number of nitrogens with zero attached hydrogens (tertiary/aromatic N) is 2. The highest BCUT2D eigenvalue weighted by Gasteiger charge is 2.15. The van der Waals surface area contributed by atoms with Gasteiger partial charge in [0.15, 0.2) is 0 Å². The summed E-state index contributed by atoms with van der Waals surface area (Å²) in [5.41, 5.74) is 1.71. The molecule has 3 nitrogen and oxygen atoms in total. The molecule has 1 aromatic heterocycles. The monoisotopic (exact) mass is 309 g/mol. The number of likely N-dealkylation sites (N-methyl/N-ethyl adjacent to an activating group) is 1. The molecule has 120 valence electrons. The lowest BCUT2D eigenvalue weighted by Crippen LogP contribution is -2.34. The number of hydrogen-bond acceptors (Lipinski definition) is 4. The minimum absolute atomic E-state index is 0.188. The van der Waals surface area contributed by atoms with Gasteiger partial charge in [-0.1, -0.05) is 0 Å². The minimum Gasteiger partial charge on any atom is -0.307 e. The molecule has 1 fully saturated rings. The molecule has 0 aromatic carbocycles. The zero-order valence-corrected chi connectivity index (χ0v) is 15.1. The summed E-state index contributed by atoms with van der Waals surface area (Å²) in [5.74, 6) is 0. The van der Waals surface area contributed by atoms with Gasteiger partial charge in [-0.15, -0.1) is 11.3 Å². The second-order valence-electron chi connectivity index (χ2n) is 7.33. The number of rotatable bonds is 4. The van der Waals surface area contributed by atoms with Crippen molar-refractivity contribution in [2.24, 2.45) is 0 Å². The van der Waals surface area contributed by atoms with E-state index in [1.54, 1.807) is 0 Å². The Morgan fingerprint density at radius 1 is 1.19 bits per heavy atom. The second-order valence-corrected chi connectivity index (χ2v) is 8.67. The van der Waals surface area contributed by atoms with Crippen molar-refractivity contribution in [1.82, 2.24) is 15.1 Å². The molecule has 0 bridgehead atoms. The van der Waals surface area contributed by atoms with Crippen molar-refractivity contribution >= 4 is 11.3 Å². The summed E-state index contributed by atoms with van der Waals surface area (Å²) in [6.07, 6.45) is 1.29. The van der Waals surface area contributed by atoms with Crippen molar-refractivity contribution in [3.63, 3.8) is 0 Å². The predicted octanol–water partition coefficient (Wildman–Crippen LogP) is 3.08. The van der Waals surface area contributed by atoms with Gasteiger partial charge in [0.05, 0.1) is 0 Å². The van der Waals surface area contributed by atoms with Crippen molar-refractivity contribution in [3.8, 4) is 0 Å². The molecule has 1 saturated heterocycles. The smallest absolute Gasteiger partial charge is 0.0304 e. The molecule has 0 radical (unpaired) electrons. The molecule has 0 amide bonds. The fourth-order valence-corrected chi connectivity index (χ4v) is 3.68. The van der Waals surface area contributed by atoms with Crippen LogP contribution in [-0.2, 0) is 13.1 Å². The Balaban J connectivity index is 1.92. The third kappa shape index (κ3) is 5.70. The summed E-state index contributed by atoms with van der Waals surface area (Å²) in [6, 6.07) is 2.41. The van der Waals surface area contributed by atoms with Gasteiger partial charge in [0.2, 0.25) is 0 Å². The molecule has 1 aromatic rings. The first-order valence-electron chi connectivity index (χ1n) is 8.07. The van der Waals surface area contributed by atoms with Crippen molar-refractivity contribution in [1.29, 1.82) is 0 Å². The summed E-state index contributed by atoms with van der Waals surface area (Å²) in [6.45, 7) is 15.9. The molecule has 0 atom stereocenters. The van der Waals surface area contributed by atoms with Crippen molar-refractivity contribution in [3.05, 3.63) is 21.4 Å². The van der Waals surface area contributed by atoms with Crippen LogP contribution in [-0.4, -0.2) is 48.6 Å². The summed E-state index contributed by atoms with van der Waals surface area (Å²) < 4.78 is 0. The SMILES string of the molecule is Cc1sc(CNC(C)(C)C)cc1CN1CCCN(C)CC1. The van der Waals surface area contributed by atoms with Gasteiger partial charge in [-0.25, -0.2) is 0 Å². The highest BCUT2D eigenvalue weighted by Crippen LogP contribution is 2.24. The Kier molecular flexibility index (Phi) is 5.83. The molecule has 2 heterocycles. The van der Waals surface area contributed by atoms with E-state index in [9.17, 15) is 0 Å². The summed E-state index contributed by atoms with van der Waals surface area (Å²) >= 11 is 1.95. The fourth-order valence-electron chi connectivity index (χ4n) is 2.68. The van der Waals surface area contributed by atoms with Gasteiger partial charge in [0, 0.05) is 41.5 Å². The summed E-state index contributed by atoms with van der Waals surface area (Å²) in [5, 5.41) is 3.59. The lowest BCUT2D eigenvalue weighted by molar-refractivity contribution is 0.269. The van der Waals surface area contributed by atoms with E-state index in [1.165, 1.54) is 47.9 Å². The maximum absolute atomic E-state index is 3.59. The Labute approximate surface area is 134 Å². The third-order valence-corrected chi connectivity index (χ3v) is 5.16. The lowest BCUT2D eigenvalue weighted by atomic mass is 10.1. The average molecular weight is 310 g/mol. The number of thiophene rings is 1. The predicted molar refractivity (Wildman–Crippen MR) is 93.0 cm³/mol. The van der Waals surface area contributed by atoms with E-state index < -0.39 is 0 Å². The molecule has 0 spiro atoms. The largest absolute Gasteiger partial charge is 0.307 e. The van der Waals surface area contributed by atoms with E-state index in [0.717, 1.165) is 13.1 Å². The molecule has 1 N–H and O–H groups in total. The van der Waals surface area contributed by atoms with Gasteiger partial charge in [0.25, 0.3) is 0 Å².